The molecular formula is C20H14F2N4O2S. The second kappa shape index (κ2) is 7.10. The highest BCUT2D eigenvalue weighted by Crippen LogP contribution is 2.31. The van der Waals surface area contributed by atoms with Gasteiger partial charge < -0.3 is 11.1 Å². The lowest BCUT2D eigenvalue weighted by Crippen LogP contribution is -2.16. The molecule has 3 N–H and O–H groups in total. The zero-order valence-electron chi connectivity index (χ0n) is 15.1. The number of benzene rings is 2. The van der Waals surface area contributed by atoms with Crippen LogP contribution in [0, 0.1) is 18.6 Å². The van der Waals surface area contributed by atoms with E-state index in [-0.39, 0.29) is 5.69 Å². The lowest BCUT2D eigenvalue weighted by Gasteiger charge is -2.07. The Labute approximate surface area is 167 Å². The van der Waals surface area contributed by atoms with Gasteiger partial charge in [-0.2, -0.15) is 5.10 Å². The molecule has 2 amide bonds. The molecule has 4 rings (SSSR count). The smallest absolute Gasteiger partial charge is 0.265 e. The number of nitrogens with zero attached hydrogens (tertiary/aromatic N) is 2. The number of hydrogen-bond donors (Lipinski definition) is 2. The Morgan fingerprint density at radius 3 is 2.52 bits per heavy atom. The number of nitrogens with one attached hydrogen (secondary N) is 1. The third kappa shape index (κ3) is 3.36. The van der Waals surface area contributed by atoms with Crippen molar-refractivity contribution in [1.82, 2.24) is 9.78 Å². The maximum Gasteiger partial charge on any atom is 0.265 e. The standard InChI is InChI=1S/C20H14F2N4O2S/c1-10-12-8-17(29-20(12)26(25-10)11-5-3-2-4-6-11)19(28)24-16-7-13(18(23)27)14(21)9-15(16)22/h2-9H,1H3,(H2,23,27)(H,24,28). The summed E-state index contributed by atoms with van der Waals surface area (Å²) in [5.41, 5.74) is 5.83. The summed E-state index contributed by atoms with van der Waals surface area (Å²) < 4.78 is 29.4. The monoisotopic (exact) mass is 412 g/mol. The summed E-state index contributed by atoms with van der Waals surface area (Å²) in [5, 5.41) is 7.67. The normalized spacial score (nSPS) is 11.0. The van der Waals surface area contributed by atoms with Crippen LogP contribution in [0.15, 0.2) is 48.5 Å². The third-order valence-electron chi connectivity index (χ3n) is 4.34. The number of amides is 2. The SMILES string of the molecule is Cc1nn(-c2ccccc2)c2sc(C(=O)Nc3cc(C(N)=O)c(F)cc3F)cc12. The number of rotatable bonds is 4. The van der Waals surface area contributed by atoms with Crippen LogP contribution in [0.25, 0.3) is 15.9 Å². The minimum atomic E-state index is -1.09. The molecule has 2 aromatic carbocycles. The number of halogens is 2. The minimum Gasteiger partial charge on any atom is -0.366 e. The van der Waals surface area contributed by atoms with Crippen LogP contribution in [0.5, 0.6) is 0 Å². The van der Waals surface area contributed by atoms with E-state index in [1.165, 1.54) is 11.3 Å². The molecule has 29 heavy (non-hydrogen) atoms. The van der Waals surface area contributed by atoms with E-state index in [4.69, 9.17) is 5.73 Å². The Balaban J connectivity index is 1.70. The maximum atomic E-state index is 14.0. The van der Waals surface area contributed by atoms with Crippen molar-refractivity contribution < 1.29 is 18.4 Å². The van der Waals surface area contributed by atoms with Gasteiger partial charge in [0.25, 0.3) is 11.8 Å². The molecule has 0 unspecified atom stereocenters. The molecule has 6 nitrogen and oxygen atoms in total. The van der Waals surface area contributed by atoms with E-state index < -0.39 is 29.0 Å². The van der Waals surface area contributed by atoms with Crippen molar-refractivity contribution in [1.29, 1.82) is 0 Å². The van der Waals surface area contributed by atoms with Crippen molar-refractivity contribution in [2.75, 3.05) is 5.32 Å². The fourth-order valence-electron chi connectivity index (χ4n) is 2.92. The molecule has 0 bridgehead atoms. The average molecular weight is 412 g/mol. The van der Waals surface area contributed by atoms with Gasteiger partial charge in [-0.25, -0.2) is 13.5 Å². The molecule has 0 aliphatic carbocycles. The fourth-order valence-corrected chi connectivity index (χ4v) is 4.00. The van der Waals surface area contributed by atoms with E-state index in [9.17, 15) is 18.4 Å². The van der Waals surface area contributed by atoms with Crippen LogP contribution in [0.4, 0.5) is 14.5 Å². The van der Waals surface area contributed by atoms with Crippen LogP contribution in [-0.4, -0.2) is 21.6 Å². The topological polar surface area (TPSA) is 90.0 Å². The first-order valence-electron chi connectivity index (χ1n) is 8.50. The Morgan fingerprint density at radius 2 is 1.83 bits per heavy atom. The van der Waals surface area contributed by atoms with Gasteiger partial charge in [0.2, 0.25) is 0 Å². The van der Waals surface area contributed by atoms with Gasteiger partial charge in [0.15, 0.2) is 0 Å². The third-order valence-corrected chi connectivity index (χ3v) is 5.45. The lowest BCUT2D eigenvalue weighted by molar-refractivity contribution is 0.0992. The Morgan fingerprint density at radius 1 is 1.10 bits per heavy atom. The van der Waals surface area contributed by atoms with Crippen molar-refractivity contribution in [2.45, 2.75) is 6.92 Å². The van der Waals surface area contributed by atoms with Gasteiger partial charge in [-0.15, -0.1) is 11.3 Å². The molecule has 2 aromatic heterocycles. The van der Waals surface area contributed by atoms with Crippen LogP contribution in [0.1, 0.15) is 25.7 Å². The van der Waals surface area contributed by atoms with E-state index in [2.05, 4.69) is 10.4 Å². The van der Waals surface area contributed by atoms with Crippen LogP contribution in [0.3, 0.4) is 0 Å². The van der Waals surface area contributed by atoms with E-state index in [0.717, 1.165) is 27.7 Å². The molecule has 0 radical (unpaired) electrons. The van der Waals surface area contributed by atoms with Crippen LogP contribution in [0.2, 0.25) is 0 Å². The number of para-hydroxylation sites is 1. The number of thiophene rings is 1. The van der Waals surface area contributed by atoms with Crippen LogP contribution in [-0.2, 0) is 0 Å². The summed E-state index contributed by atoms with van der Waals surface area (Å²) in [4.78, 5) is 25.0. The van der Waals surface area contributed by atoms with Gasteiger partial charge in [0, 0.05) is 11.5 Å². The summed E-state index contributed by atoms with van der Waals surface area (Å²) in [6, 6.07) is 12.5. The van der Waals surface area contributed by atoms with Crippen molar-refractivity contribution in [3.05, 3.63) is 76.3 Å². The lowest BCUT2D eigenvalue weighted by atomic mass is 10.1. The number of aromatic nitrogens is 2. The summed E-state index contributed by atoms with van der Waals surface area (Å²) in [7, 11) is 0. The summed E-state index contributed by atoms with van der Waals surface area (Å²) in [6.45, 7) is 1.83. The second-order valence-electron chi connectivity index (χ2n) is 6.29. The molecule has 9 heteroatoms. The molecule has 4 aromatic rings. The summed E-state index contributed by atoms with van der Waals surface area (Å²) in [5.74, 6) is -3.74. The molecule has 0 spiro atoms. The van der Waals surface area contributed by atoms with Crippen molar-refractivity contribution >= 4 is 39.1 Å². The summed E-state index contributed by atoms with van der Waals surface area (Å²) in [6.07, 6.45) is 0. The molecule has 0 fully saturated rings. The molecular weight excluding hydrogens is 398 g/mol. The average Bonchev–Trinajstić information content (AvgIpc) is 3.25. The van der Waals surface area contributed by atoms with Crippen molar-refractivity contribution in [3.8, 4) is 5.69 Å². The van der Waals surface area contributed by atoms with Gasteiger partial charge in [-0.3, -0.25) is 9.59 Å². The first-order chi connectivity index (χ1) is 13.8. The van der Waals surface area contributed by atoms with Gasteiger partial charge in [0.05, 0.1) is 27.5 Å². The quantitative estimate of drug-likeness (QED) is 0.530. The molecule has 0 saturated carbocycles. The highest BCUT2D eigenvalue weighted by atomic mass is 32.1. The number of anilines is 1. The minimum absolute atomic E-state index is 0.314. The second-order valence-corrected chi connectivity index (χ2v) is 7.32. The van der Waals surface area contributed by atoms with E-state index in [0.29, 0.717) is 10.9 Å². The first-order valence-corrected chi connectivity index (χ1v) is 9.31. The van der Waals surface area contributed by atoms with Gasteiger partial charge >= 0.3 is 0 Å². The fraction of sp³-hybridized carbons (Fsp3) is 0.0500. The largest absolute Gasteiger partial charge is 0.366 e. The van der Waals surface area contributed by atoms with Crippen LogP contribution < -0.4 is 11.1 Å². The summed E-state index contributed by atoms with van der Waals surface area (Å²) >= 11 is 1.19. The molecule has 146 valence electrons. The van der Waals surface area contributed by atoms with E-state index in [1.807, 2.05) is 37.3 Å². The molecule has 0 aliphatic heterocycles. The molecule has 2 heterocycles. The molecule has 0 atom stereocenters. The zero-order valence-corrected chi connectivity index (χ0v) is 15.9. The highest BCUT2D eigenvalue weighted by Gasteiger charge is 2.20. The number of fused-ring (bicyclic) bond motifs is 1. The number of carbonyl (C=O) groups is 2. The first kappa shape index (κ1) is 18.8. The van der Waals surface area contributed by atoms with Crippen LogP contribution >= 0.6 is 11.3 Å². The van der Waals surface area contributed by atoms with E-state index in [1.54, 1.807) is 10.7 Å². The van der Waals surface area contributed by atoms with Crippen molar-refractivity contribution in [3.63, 3.8) is 0 Å². The van der Waals surface area contributed by atoms with Gasteiger partial charge in [0.1, 0.15) is 16.5 Å². The Bertz CT molecular complexity index is 1260. The Hall–Kier alpha value is -3.59. The molecule has 0 aliphatic rings. The highest BCUT2D eigenvalue weighted by molar-refractivity contribution is 7.20. The number of aryl methyl sites for hydroxylation is 1. The van der Waals surface area contributed by atoms with Gasteiger partial charge in [-0.05, 0) is 31.2 Å². The van der Waals surface area contributed by atoms with Gasteiger partial charge in [-0.1, -0.05) is 18.2 Å². The molecule has 0 saturated heterocycles. The predicted molar refractivity (Wildman–Crippen MR) is 107 cm³/mol. The number of nitrogens with two attached hydrogens (primary N) is 1. The number of carbonyl (C=O) groups excluding carboxylic acids is 2. The zero-order chi connectivity index (χ0) is 20.7. The number of primary amides is 1. The van der Waals surface area contributed by atoms with E-state index >= 15 is 0 Å². The van der Waals surface area contributed by atoms with Crippen molar-refractivity contribution in [2.24, 2.45) is 5.73 Å². The predicted octanol–water partition coefficient (Wildman–Crippen LogP) is 4.02. The maximum absolute atomic E-state index is 14.0. The number of hydrogen-bond acceptors (Lipinski definition) is 4. The Kier molecular flexibility index (Phi) is 4.59.